The highest BCUT2D eigenvalue weighted by Gasteiger charge is 2.32. The van der Waals surface area contributed by atoms with Crippen LogP contribution in [0.5, 0.6) is 0 Å². The predicted molar refractivity (Wildman–Crippen MR) is 133 cm³/mol. The first kappa shape index (κ1) is 23.6. The lowest BCUT2D eigenvalue weighted by Crippen LogP contribution is -2.39. The number of hydrogen-bond acceptors (Lipinski definition) is 6. The van der Waals surface area contributed by atoms with Gasteiger partial charge in [0, 0.05) is 54.9 Å². The monoisotopic (exact) mass is 464 g/mol. The van der Waals surface area contributed by atoms with E-state index >= 15 is 0 Å². The quantitative estimate of drug-likeness (QED) is 0.566. The number of pyridine rings is 1. The van der Waals surface area contributed by atoms with Crippen molar-refractivity contribution >= 4 is 17.3 Å². The first-order valence-corrected chi connectivity index (χ1v) is 11.7. The van der Waals surface area contributed by atoms with Crippen molar-refractivity contribution in [3.8, 4) is 5.88 Å². The standard InChI is InChI=1S/C16H25N3.C10H7NO4/c1-12-10-14(5-6-16(12)17)18-9-7-15(11-18)19-8-3-4-13(19)2;12-8-3-1-2-6-11(8)9-5-4-7(15-9)10(13)14/h5-6,10,13,15H,3-4,7-9,11,17H2,1-2H3;1-6H,(H,13,14). The molecule has 34 heavy (non-hydrogen) atoms. The van der Waals surface area contributed by atoms with E-state index in [1.54, 1.807) is 12.1 Å². The lowest BCUT2D eigenvalue weighted by Gasteiger charge is -2.28. The largest absolute Gasteiger partial charge is 0.475 e. The summed E-state index contributed by atoms with van der Waals surface area (Å²) in [6.07, 6.45) is 5.55. The molecule has 3 N–H and O–H groups in total. The van der Waals surface area contributed by atoms with Gasteiger partial charge in [-0.05, 0) is 75.5 Å². The molecule has 4 heterocycles. The number of benzene rings is 1. The Kier molecular flexibility index (Phi) is 7.07. The first-order valence-electron chi connectivity index (χ1n) is 11.7. The van der Waals surface area contributed by atoms with Crippen LogP contribution in [0.2, 0.25) is 0 Å². The van der Waals surface area contributed by atoms with Crippen LogP contribution in [0.4, 0.5) is 11.4 Å². The zero-order valence-electron chi connectivity index (χ0n) is 19.7. The highest BCUT2D eigenvalue weighted by Crippen LogP contribution is 2.29. The molecule has 2 aliphatic heterocycles. The third-order valence-electron chi connectivity index (χ3n) is 6.72. The molecular formula is C26H32N4O4. The molecule has 0 spiro atoms. The molecule has 0 saturated carbocycles. The van der Waals surface area contributed by atoms with Gasteiger partial charge < -0.3 is 20.2 Å². The number of likely N-dealkylation sites (tertiary alicyclic amines) is 1. The maximum Gasteiger partial charge on any atom is 0.371 e. The molecule has 0 aliphatic carbocycles. The van der Waals surface area contributed by atoms with Gasteiger partial charge in [-0.1, -0.05) is 6.07 Å². The van der Waals surface area contributed by atoms with Gasteiger partial charge in [0.05, 0.1) is 0 Å². The molecule has 2 aliphatic rings. The number of carboxylic acid groups (broad SMARTS) is 1. The molecule has 180 valence electrons. The van der Waals surface area contributed by atoms with E-state index in [-0.39, 0.29) is 17.2 Å². The van der Waals surface area contributed by atoms with Crippen LogP contribution in [-0.4, -0.2) is 52.3 Å². The Bertz CT molecular complexity index is 1200. The molecule has 0 bridgehead atoms. The van der Waals surface area contributed by atoms with Crippen LogP contribution in [0.25, 0.3) is 5.88 Å². The number of carboxylic acids is 1. The normalized spacial score (nSPS) is 20.2. The van der Waals surface area contributed by atoms with E-state index < -0.39 is 5.97 Å². The van der Waals surface area contributed by atoms with Crippen LogP contribution in [-0.2, 0) is 0 Å². The highest BCUT2D eigenvalue weighted by atomic mass is 16.4. The van der Waals surface area contributed by atoms with Crippen molar-refractivity contribution in [2.45, 2.75) is 45.2 Å². The fourth-order valence-corrected chi connectivity index (χ4v) is 4.78. The number of aromatic nitrogens is 1. The average molecular weight is 465 g/mol. The van der Waals surface area contributed by atoms with Gasteiger partial charge >= 0.3 is 5.97 Å². The van der Waals surface area contributed by atoms with Crippen LogP contribution in [0.15, 0.2) is 63.9 Å². The predicted octanol–water partition coefficient (Wildman–Crippen LogP) is 3.77. The number of carbonyl (C=O) groups is 1. The molecular weight excluding hydrogens is 432 g/mol. The summed E-state index contributed by atoms with van der Waals surface area (Å²) >= 11 is 0. The Labute approximate surface area is 199 Å². The fraction of sp³-hybridized carbons (Fsp3) is 0.385. The summed E-state index contributed by atoms with van der Waals surface area (Å²) in [5, 5.41) is 8.63. The minimum Gasteiger partial charge on any atom is -0.475 e. The van der Waals surface area contributed by atoms with Gasteiger partial charge in [-0.15, -0.1) is 0 Å². The molecule has 2 unspecified atom stereocenters. The van der Waals surface area contributed by atoms with Crippen LogP contribution >= 0.6 is 0 Å². The Hall–Kier alpha value is -3.52. The van der Waals surface area contributed by atoms with Crippen LogP contribution in [0.3, 0.4) is 0 Å². The second-order valence-electron chi connectivity index (χ2n) is 9.01. The number of hydrogen-bond donors (Lipinski definition) is 2. The minimum absolute atomic E-state index is 0.193. The molecule has 2 fully saturated rings. The van der Waals surface area contributed by atoms with Crippen molar-refractivity contribution in [2.24, 2.45) is 0 Å². The van der Waals surface area contributed by atoms with Crippen molar-refractivity contribution in [3.63, 3.8) is 0 Å². The number of nitrogens with two attached hydrogens (primary N) is 1. The molecule has 2 aromatic heterocycles. The van der Waals surface area contributed by atoms with E-state index in [0.717, 1.165) is 17.8 Å². The molecule has 8 nitrogen and oxygen atoms in total. The number of aromatic carboxylic acids is 1. The molecule has 8 heteroatoms. The number of furan rings is 1. The van der Waals surface area contributed by atoms with Gasteiger partial charge in [-0.25, -0.2) is 4.79 Å². The third-order valence-corrected chi connectivity index (χ3v) is 6.72. The summed E-state index contributed by atoms with van der Waals surface area (Å²) in [7, 11) is 0. The topological polar surface area (TPSA) is 105 Å². The van der Waals surface area contributed by atoms with Gasteiger partial charge in [0.25, 0.3) is 5.56 Å². The van der Waals surface area contributed by atoms with Gasteiger partial charge in [0.1, 0.15) is 0 Å². The Morgan fingerprint density at radius 2 is 1.94 bits per heavy atom. The number of anilines is 2. The Balaban J connectivity index is 0.000000166. The highest BCUT2D eigenvalue weighted by molar-refractivity contribution is 5.84. The lowest BCUT2D eigenvalue weighted by molar-refractivity contribution is 0.0662. The molecule has 0 amide bonds. The number of rotatable bonds is 4. The maximum absolute atomic E-state index is 11.4. The number of nitrogen functional groups attached to an aromatic ring is 1. The van der Waals surface area contributed by atoms with E-state index in [1.807, 2.05) is 6.07 Å². The van der Waals surface area contributed by atoms with Gasteiger partial charge in [-0.3, -0.25) is 14.3 Å². The summed E-state index contributed by atoms with van der Waals surface area (Å²) in [6.45, 7) is 8.11. The van der Waals surface area contributed by atoms with Crippen molar-refractivity contribution in [1.82, 2.24) is 9.47 Å². The van der Waals surface area contributed by atoms with Crippen LogP contribution < -0.4 is 16.2 Å². The molecule has 5 rings (SSSR count). The lowest BCUT2D eigenvalue weighted by atomic mass is 10.1. The zero-order chi connectivity index (χ0) is 24.2. The second kappa shape index (κ2) is 10.2. The molecule has 1 aromatic carbocycles. The molecule has 2 saturated heterocycles. The SMILES string of the molecule is Cc1cc(N2CCC(N3CCCC3C)C2)ccc1N.O=C(O)c1ccc(-n2ccccc2=O)o1. The minimum atomic E-state index is -1.16. The van der Waals surface area contributed by atoms with Crippen LogP contribution in [0.1, 0.15) is 42.3 Å². The van der Waals surface area contributed by atoms with E-state index in [0.29, 0.717) is 0 Å². The Morgan fingerprint density at radius 3 is 2.59 bits per heavy atom. The molecule has 3 aromatic rings. The average Bonchev–Trinajstić information content (AvgIpc) is 3.57. The van der Waals surface area contributed by atoms with E-state index in [9.17, 15) is 9.59 Å². The summed E-state index contributed by atoms with van der Waals surface area (Å²) in [5.41, 5.74) is 9.05. The van der Waals surface area contributed by atoms with Crippen molar-refractivity contribution < 1.29 is 14.3 Å². The van der Waals surface area contributed by atoms with Crippen molar-refractivity contribution in [3.05, 3.63) is 76.4 Å². The summed E-state index contributed by atoms with van der Waals surface area (Å²) in [5.74, 6) is -1.16. The first-order chi connectivity index (χ1) is 16.3. The van der Waals surface area contributed by atoms with Gasteiger partial charge in [0.2, 0.25) is 11.6 Å². The zero-order valence-corrected chi connectivity index (χ0v) is 19.7. The van der Waals surface area contributed by atoms with E-state index in [1.165, 1.54) is 79.1 Å². The summed E-state index contributed by atoms with van der Waals surface area (Å²) < 4.78 is 6.20. The van der Waals surface area contributed by atoms with Crippen molar-refractivity contribution in [1.29, 1.82) is 0 Å². The smallest absolute Gasteiger partial charge is 0.371 e. The maximum atomic E-state index is 11.4. The van der Waals surface area contributed by atoms with Gasteiger partial charge in [-0.2, -0.15) is 0 Å². The molecule has 2 atom stereocenters. The Morgan fingerprint density at radius 1 is 1.12 bits per heavy atom. The summed E-state index contributed by atoms with van der Waals surface area (Å²) in [6, 6.07) is 15.3. The summed E-state index contributed by atoms with van der Waals surface area (Å²) in [4.78, 5) is 27.1. The third kappa shape index (κ3) is 5.17. The second-order valence-corrected chi connectivity index (χ2v) is 9.01. The fourth-order valence-electron chi connectivity index (χ4n) is 4.78. The molecule has 0 radical (unpaired) electrons. The number of aryl methyl sites for hydroxylation is 1. The van der Waals surface area contributed by atoms with E-state index in [4.69, 9.17) is 15.3 Å². The van der Waals surface area contributed by atoms with Gasteiger partial charge in [0.15, 0.2) is 0 Å². The van der Waals surface area contributed by atoms with E-state index in [2.05, 4.69) is 35.8 Å². The van der Waals surface area contributed by atoms with Crippen molar-refractivity contribution in [2.75, 3.05) is 30.3 Å². The number of nitrogens with zero attached hydrogens (tertiary/aromatic N) is 3. The van der Waals surface area contributed by atoms with Crippen LogP contribution in [0, 0.1) is 6.92 Å².